The molecule has 0 aliphatic carbocycles. The number of aromatic carboxylic acids is 1. The molecule has 0 amide bonds. The first-order valence-corrected chi connectivity index (χ1v) is 6.08. The normalized spacial score (nSPS) is 11.9. The van der Waals surface area contributed by atoms with E-state index >= 15 is 0 Å². The number of rotatable bonds is 7. The Morgan fingerprint density at radius 3 is 2.84 bits per heavy atom. The fourth-order valence-corrected chi connectivity index (χ4v) is 1.68. The van der Waals surface area contributed by atoms with E-state index in [9.17, 15) is 4.79 Å². The largest absolute Gasteiger partial charge is 0.491 e. The molecule has 0 aromatic heterocycles. The molecule has 0 fully saturated rings. The van der Waals surface area contributed by atoms with Gasteiger partial charge in [0.15, 0.2) is 0 Å². The van der Waals surface area contributed by atoms with E-state index < -0.39 is 5.97 Å². The van der Waals surface area contributed by atoms with Crippen LogP contribution >= 0.6 is 0 Å². The summed E-state index contributed by atoms with van der Waals surface area (Å²) in [6, 6.07) is 8.72. The van der Waals surface area contributed by atoms with Crippen LogP contribution in [0.3, 0.4) is 0 Å². The fourth-order valence-electron chi connectivity index (χ4n) is 1.68. The molecule has 5 nitrogen and oxygen atoms in total. The Morgan fingerprint density at radius 2 is 2.21 bits per heavy atom. The summed E-state index contributed by atoms with van der Waals surface area (Å²) in [4.78, 5) is 13.0. The number of hydrogen-bond acceptors (Lipinski definition) is 4. The molecule has 1 N–H and O–H groups in total. The second-order valence-electron chi connectivity index (χ2n) is 4.44. The van der Waals surface area contributed by atoms with Crippen LogP contribution in [-0.4, -0.2) is 42.7 Å². The minimum absolute atomic E-state index is 0.0312. The summed E-state index contributed by atoms with van der Waals surface area (Å²) in [5.41, 5.74) is 0.163. The van der Waals surface area contributed by atoms with Crippen molar-refractivity contribution in [2.45, 2.75) is 6.92 Å². The van der Waals surface area contributed by atoms with Crippen molar-refractivity contribution >= 4 is 5.97 Å². The van der Waals surface area contributed by atoms with E-state index in [4.69, 9.17) is 15.1 Å². The van der Waals surface area contributed by atoms with E-state index in [0.29, 0.717) is 25.4 Å². The number of nitriles is 1. The van der Waals surface area contributed by atoms with Gasteiger partial charge in [-0.15, -0.1) is 0 Å². The topological polar surface area (TPSA) is 73.6 Å². The van der Waals surface area contributed by atoms with Crippen LogP contribution in [0, 0.1) is 17.2 Å². The maximum atomic E-state index is 11.0. The number of nitrogens with zero attached hydrogens (tertiary/aromatic N) is 2. The van der Waals surface area contributed by atoms with Crippen molar-refractivity contribution in [3.05, 3.63) is 29.8 Å². The molecular formula is C14H18N2O3. The second kappa shape index (κ2) is 7.39. The Hall–Kier alpha value is -2.06. The van der Waals surface area contributed by atoms with Gasteiger partial charge in [0.05, 0.1) is 12.0 Å². The first kappa shape index (κ1) is 15.0. The maximum absolute atomic E-state index is 11.0. The Bertz CT molecular complexity index is 468. The van der Waals surface area contributed by atoms with Crippen molar-refractivity contribution in [2.24, 2.45) is 5.92 Å². The van der Waals surface area contributed by atoms with Crippen LogP contribution in [0.2, 0.25) is 0 Å². The Labute approximate surface area is 113 Å². The van der Waals surface area contributed by atoms with Crippen molar-refractivity contribution in [3.8, 4) is 11.8 Å². The number of carbonyl (C=O) groups is 1. The van der Waals surface area contributed by atoms with Crippen LogP contribution < -0.4 is 4.74 Å². The average Bonchev–Trinajstić information content (AvgIpc) is 2.38. The molecule has 19 heavy (non-hydrogen) atoms. The fraction of sp³-hybridized carbons (Fsp3) is 0.429. The molecule has 1 rings (SSSR count). The third-order valence-corrected chi connectivity index (χ3v) is 2.65. The quantitative estimate of drug-likeness (QED) is 0.811. The van der Waals surface area contributed by atoms with Gasteiger partial charge in [0.1, 0.15) is 17.9 Å². The van der Waals surface area contributed by atoms with Crippen molar-refractivity contribution in [1.29, 1.82) is 5.26 Å². The summed E-state index contributed by atoms with van der Waals surface area (Å²) in [6.07, 6.45) is 0. The molecule has 5 heteroatoms. The van der Waals surface area contributed by atoms with Gasteiger partial charge in [-0.25, -0.2) is 4.79 Å². The summed E-state index contributed by atoms with van der Waals surface area (Å²) >= 11 is 0. The van der Waals surface area contributed by atoms with Crippen LogP contribution in [0.5, 0.6) is 5.75 Å². The van der Waals surface area contributed by atoms with Crippen molar-refractivity contribution in [3.63, 3.8) is 0 Å². The molecule has 0 aliphatic rings. The lowest BCUT2D eigenvalue weighted by Gasteiger charge is -2.18. The Morgan fingerprint density at radius 1 is 1.53 bits per heavy atom. The third-order valence-electron chi connectivity index (χ3n) is 2.65. The molecule has 0 saturated carbocycles. The third kappa shape index (κ3) is 4.98. The van der Waals surface area contributed by atoms with Gasteiger partial charge in [-0.05, 0) is 26.1 Å². The number of benzene rings is 1. The molecule has 102 valence electrons. The number of para-hydroxylation sites is 1. The summed E-state index contributed by atoms with van der Waals surface area (Å²) in [5, 5.41) is 17.7. The van der Waals surface area contributed by atoms with Crippen LogP contribution in [-0.2, 0) is 0 Å². The van der Waals surface area contributed by atoms with Crippen molar-refractivity contribution < 1.29 is 14.6 Å². The molecule has 0 bridgehead atoms. The van der Waals surface area contributed by atoms with Crippen LogP contribution in [0.4, 0.5) is 0 Å². The smallest absolute Gasteiger partial charge is 0.339 e. The van der Waals surface area contributed by atoms with Gasteiger partial charge >= 0.3 is 5.97 Å². The summed E-state index contributed by atoms with van der Waals surface area (Å²) in [5.74, 6) is -0.657. The Balaban J connectivity index is 2.46. The molecule has 0 spiro atoms. The number of hydrogen-bond donors (Lipinski definition) is 1. The van der Waals surface area contributed by atoms with Gasteiger partial charge in [-0.1, -0.05) is 12.1 Å². The van der Waals surface area contributed by atoms with E-state index in [1.807, 2.05) is 18.9 Å². The molecule has 1 aromatic carbocycles. The molecule has 1 unspecified atom stereocenters. The Kier molecular flexibility index (Phi) is 5.83. The molecule has 0 heterocycles. The molecule has 0 saturated heterocycles. The summed E-state index contributed by atoms with van der Waals surface area (Å²) < 4.78 is 5.48. The lowest BCUT2D eigenvalue weighted by atomic mass is 10.2. The first-order chi connectivity index (χ1) is 9.04. The lowest BCUT2D eigenvalue weighted by Crippen LogP contribution is -2.28. The number of carboxylic acid groups (broad SMARTS) is 1. The minimum Gasteiger partial charge on any atom is -0.491 e. The molecule has 0 radical (unpaired) electrons. The zero-order valence-electron chi connectivity index (χ0n) is 11.2. The molecular weight excluding hydrogens is 244 g/mol. The van der Waals surface area contributed by atoms with E-state index in [1.54, 1.807) is 18.2 Å². The van der Waals surface area contributed by atoms with Gasteiger partial charge in [0, 0.05) is 13.1 Å². The van der Waals surface area contributed by atoms with Crippen LogP contribution in [0.15, 0.2) is 24.3 Å². The highest BCUT2D eigenvalue weighted by molar-refractivity contribution is 5.90. The van der Waals surface area contributed by atoms with Crippen LogP contribution in [0.25, 0.3) is 0 Å². The summed E-state index contributed by atoms with van der Waals surface area (Å²) in [6.45, 7) is 3.55. The average molecular weight is 262 g/mol. The van der Waals surface area contributed by atoms with Gasteiger partial charge in [-0.2, -0.15) is 5.26 Å². The number of ether oxygens (including phenoxy) is 1. The van der Waals surface area contributed by atoms with E-state index in [2.05, 4.69) is 6.07 Å². The molecule has 0 aliphatic heterocycles. The van der Waals surface area contributed by atoms with E-state index in [1.165, 1.54) is 6.07 Å². The lowest BCUT2D eigenvalue weighted by molar-refractivity contribution is 0.0691. The first-order valence-electron chi connectivity index (χ1n) is 6.08. The minimum atomic E-state index is -0.998. The van der Waals surface area contributed by atoms with E-state index in [-0.39, 0.29) is 11.5 Å². The second-order valence-corrected chi connectivity index (χ2v) is 4.44. The maximum Gasteiger partial charge on any atom is 0.339 e. The highest BCUT2D eigenvalue weighted by Gasteiger charge is 2.10. The standard InChI is InChI=1S/C14H18N2O3/c1-11(9-15)10-16(2)7-8-19-13-6-4-3-5-12(13)14(17)18/h3-6,11H,7-8,10H2,1-2H3,(H,17,18). The molecule has 1 atom stereocenters. The number of likely N-dealkylation sites (N-methyl/N-ethyl adjacent to an activating group) is 1. The zero-order chi connectivity index (χ0) is 14.3. The number of carboxylic acids is 1. The van der Waals surface area contributed by atoms with Crippen LogP contribution in [0.1, 0.15) is 17.3 Å². The highest BCUT2D eigenvalue weighted by Crippen LogP contribution is 2.17. The predicted molar refractivity (Wildman–Crippen MR) is 71.2 cm³/mol. The SMILES string of the molecule is CC(C#N)CN(C)CCOc1ccccc1C(=O)O. The van der Waals surface area contributed by atoms with Gasteiger partial charge < -0.3 is 14.7 Å². The zero-order valence-corrected chi connectivity index (χ0v) is 11.2. The van der Waals surface area contributed by atoms with Gasteiger partial charge in [0.2, 0.25) is 0 Å². The highest BCUT2D eigenvalue weighted by atomic mass is 16.5. The van der Waals surface area contributed by atoms with E-state index in [0.717, 1.165) is 0 Å². The molecule has 1 aromatic rings. The van der Waals surface area contributed by atoms with Gasteiger partial charge in [-0.3, -0.25) is 0 Å². The van der Waals surface area contributed by atoms with Crippen molar-refractivity contribution in [2.75, 3.05) is 26.7 Å². The predicted octanol–water partition coefficient (Wildman–Crippen LogP) is 1.86. The van der Waals surface area contributed by atoms with Gasteiger partial charge in [0.25, 0.3) is 0 Å². The van der Waals surface area contributed by atoms with Crippen molar-refractivity contribution in [1.82, 2.24) is 4.90 Å². The monoisotopic (exact) mass is 262 g/mol. The summed E-state index contributed by atoms with van der Waals surface area (Å²) in [7, 11) is 1.90.